The first-order chi connectivity index (χ1) is 10.5. The van der Waals surface area contributed by atoms with E-state index in [9.17, 15) is 9.59 Å². The summed E-state index contributed by atoms with van der Waals surface area (Å²) in [5.41, 5.74) is 0.976. The third-order valence-corrected chi connectivity index (χ3v) is 3.74. The van der Waals surface area contributed by atoms with E-state index in [1.165, 1.54) is 0 Å². The third-order valence-electron chi connectivity index (χ3n) is 3.74. The monoisotopic (exact) mass is 303 g/mol. The molecule has 0 aromatic heterocycles. The minimum absolute atomic E-state index is 0.172. The molecule has 0 aliphatic heterocycles. The average molecular weight is 303 g/mol. The number of ketones is 1. The molecule has 0 radical (unpaired) electrons. The van der Waals surface area contributed by atoms with Gasteiger partial charge in [0, 0.05) is 24.6 Å². The molecule has 1 aromatic carbocycles. The second-order valence-electron chi connectivity index (χ2n) is 6.16. The van der Waals surface area contributed by atoms with Gasteiger partial charge < -0.3 is 9.69 Å². The molecule has 1 aromatic rings. The van der Waals surface area contributed by atoms with Crippen LogP contribution in [0.3, 0.4) is 0 Å². The molecule has 0 saturated carbocycles. The normalized spacial score (nSPS) is 10.7. The molecule has 0 aliphatic carbocycles. The van der Waals surface area contributed by atoms with E-state index < -0.39 is 0 Å². The van der Waals surface area contributed by atoms with Crippen LogP contribution < -0.4 is 4.90 Å². The lowest BCUT2D eigenvalue weighted by atomic mass is 10.1. The Morgan fingerprint density at radius 1 is 0.909 bits per heavy atom. The van der Waals surface area contributed by atoms with E-state index in [2.05, 4.69) is 0 Å². The highest BCUT2D eigenvalue weighted by atomic mass is 16.2. The van der Waals surface area contributed by atoms with Gasteiger partial charge in [-0.05, 0) is 45.7 Å². The minimum atomic E-state index is 0.172. The number of para-hydroxylation sites is 1. The Hall–Kier alpha value is -1.64. The molecule has 0 fully saturated rings. The maximum absolute atomic E-state index is 12.4. The first-order valence-electron chi connectivity index (χ1n) is 8.39. The van der Waals surface area contributed by atoms with Crippen LogP contribution in [0.5, 0.6) is 0 Å². The predicted molar refractivity (Wildman–Crippen MR) is 92.1 cm³/mol. The molecule has 0 atom stereocenters. The largest absolute Gasteiger partial charge is 0.310 e. The Balaban J connectivity index is 2.32. The fourth-order valence-corrected chi connectivity index (χ4v) is 2.62. The molecule has 3 heteroatoms. The molecule has 0 unspecified atom stereocenters. The quantitative estimate of drug-likeness (QED) is 0.585. The zero-order valence-electron chi connectivity index (χ0n) is 14.2. The summed E-state index contributed by atoms with van der Waals surface area (Å²) in [4.78, 5) is 25.2. The lowest BCUT2D eigenvalue weighted by molar-refractivity contribution is -0.119. The van der Waals surface area contributed by atoms with Crippen LogP contribution in [-0.4, -0.2) is 17.7 Å². The molecule has 122 valence electrons. The smallest absolute Gasteiger partial charge is 0.227 e. The molecule has 0 heterocycles. The van der Waals surface area contributed by atoms with Crippen molar-refractivity contribution in [1.82, 2.24) is 0 Å². The van der Waals surface area contributed by atoms with E-state index in [0.29, 0.717) is 12.8 Å². The minimum Gasteiger partial charge on any atom is -0.310 e. The maximum atomic E-state index is 12.4. The van der Waals surface area contributed by atoms with Crippen molar-refractivity contribution in [2.45, 2.75) is 71.8 Å². The Morgan fingerprint density at radius 2 is 1.45 bits per heavy atom. The molecule has 3 nitrogen and oxygen atoms in total. The van der Waals surface area contributed by atoms with Gasteiger partial charge in [0.15, 0.2) is 0 Å². The molecule has 22 heavy (non-hydrogen) atoms. The SMILES string of the molecule is CC(=O)CCCCCCCC(=O)N(c1ccccc1)C(C)C. The van der Waals surface area contributed by atoms with Gasteiger partial charge in [0.25, 0.3) is 0 Å². The van der Waals surface area contributed by atoms with Crippen LogP contribution in [0.15, 0.2) is 30.3 Å². The number of benzene rings is 1. The van der Waals surface area contributed by atoms with Crippen LogP contribution in [0.2, 0.25) is 0 Å². The summed E-state index contributed by atoms with van der Waals surface area (Å²) in [6.45, 7) is 5.74. The average Bonchev–Trinajstić information content (AvgIpc) is 2.47. The number of hydrogen-bond donors (Lipinski definition) is 0. The van der Waals surface area contributed by atoms with Gasteiger partial charge >= 0.3 is 0 Å². The third kappa shape index (κ3) is 6.88. The predicted octanol–water partition coefficient (Wildman–Crippen LogP) is 4.75. The van der Waals surface area contributed by atoms with E-state index in [0.717, 1.165) is 37.8 Å². The lowest BCUT2D eigenvalue weighted by Gasteiger charge is -2.27. The van der Waals surface area contributed by atoms with Crippen molar-refractivity contribution in [3.63, 3.8) is 0 Å². The Kier molecular flexibility index (Phi) is 8.49. The molecule has 0 aliphatic rings. The van der Waals surface area contributed by atoms with Crippen molar-refractivity contribution in [3.8, 4) is 0 Å². The highest BCUT2D eigenvalue weighted by molar-refractivity contribution is 5.93. The van der Waals surface area contributed by atoms with Gasteiger partial charge in [-0.2, -0.15) is 0 Å². The van der Waals surface area contributed by atoms with Crippen molar-refractivity contribution >= 4 is 17.4 Å². The number of nitrogens with zero attached hydrogens (tertiary/aromatic N) is 1. The van der Waals surface area contributed by atoms with Crippen molar-refractivity contribution in [2.24, 2.45) is 0 Å². The van der Waals surface area contributed by atoms with Gasteiger partial charge in [-0.3, -0.25) is 4.79 Å². The molecule has 0 spiro atoms. The van der Waals surface area contributed by atoms with Gasteiger partial charge in [-0.25, -0.2) is 0 Å². The van der Waals surface area contributed by atoms with Gasteiger partial charge in [0.05, 0.1) is 0 Å². The number of carbonyl (C=O) groups excluding carboxylic acids is 2. The summed E-state index contributed by atoms with van der Waals surface area (Å²) in [6, 6.07) is 10.0. The summed E-state index contributed by atoms with van der Waals surface area (Å²) in [7, 11) is 0. The van der Waals surface area contributed by atoms with E-state index in [4.69, 9.17) is 0 Å². The maximum Gasteiger partial charge on any atom is 0.227 e. The molecule has 1 rings (SSSR count). The summed E-state index contributed by atoms with van der Waals surface area (Å²) in [6.07, 6.45) is 6.44. The number of unbranched alkanes of at least 4 members (excludes halogenated alkanes) is 4. The first kappa shape index (κ1) is 18.4. The van der Waals surface area contributed by atoms with Gasteiger partial charge in [-0.1, -0.05) is 37.5 Å². The van der Waals surface area contributed by atoms with Crippen LogP contribution in [0.25, 0.3) is 0 Å². The van der Waals surface area contributed by atoms with Crippen LogP contribution >= 0.6 is 0 Å². The highest BCUT2D eigenvalue weighted by Crippen LogP contribution is 2.19. The Bertz CT molecular complexity index is 454. The zero-order valence-corrected chi connectivity index (χ0v) is 14.2. The Morgan fingerprint density at radius 3 is 2.00 bits per heavy atom. The van der Waals surface area contributed by atoms with Gasteiger partial charge in [0.2, 0.25) is 5.91 Å². The first-order valence-corrected chi connectivity index (χ1v) is 8.39. The van der Waals surface area contributed by atoms with E-state index in [1.54, 1.807) is 6.92 Å². The topological polar surface area (TPSA) is 37.4 Å². The van der Waals surface area contributed by atoms with Crippen LogP contribution in [-0.2, 0) is 9.59 Å². The Labute approximate surface area is 134 Å². The van der Waals surface area contributed by atoms with Crippen molar-refractivity contribution in [3.05, 3.63) is 30.3 Å². The van der Waals surface area contributed by atoms with E-state index in [-0.39, 0.29) is 17.7 Å². The fraction of sp³-hybridized carbons (Fsp3) is 0.579. The highest BCUT2D eigenvalue weighted by Gasteiger charge is 2.17. The summed E-state index contributed by atoms with van der Waals surface area (Å²) >= 11 is 0. The number of hydrogen-bond acceptors (Lipinski definition) is 2. The van der Waals surface area contributed by atoms with Crippen LogP contribution in [0, 0.1) is 0 Å². The van der Waals surface area contributed by atoms with Crippen LogP contribution in [0.4, 0.5) is 5.69 Å². The summed E-state index contributed by atoms with van der Waals surface area (Å²) in [5.74, 6) is 0.468. The number of carbonyl (C=O) groups is 2. The second kappa shape index (κ2) is 10.1. The van der Waals surface area contributed by atoms with E-state index in [1.807, 2.05) is 49.1 Å². The van der Waals surface area contributed by atoms with Crippen LogP contribution in [0.1, 0.15) is 65.7 Å². The summed E-state index contributed by atoms with van der Waals surface area (Å²) in [5, 5.41) is 0. The molecule has 0 bridgehead atoms. The molecular formula is C19H29NO2. The lowest BCUT2D eigenvalue weighted by Crippen LogP contribution is -2.36. The molecule has 0 N–H and O–H groups in total. The number of Topliss-reactive ketones (excluding diaryl/α,β-unsaturated/α-hetero) is 1. The molecular weight excluding hydrogens is 274 g/mol. The van der Waals surface area contributed by atoms with Crippen molar-refractivity contribution in [1.29, 1.82) is 0 Å². The standard InChI is InChI=1S/C19H29NO2/c1-16(2)20(18-13-9-7-10-14-18)19(22)15-11-6-4-5-8-12-17(3)21/h7,9-10,13-14,16H,4-6,8,11-12,15H2,1-3H3. The van der Waals surface area contributed by atoms with Gasteiger partial charge in [-0.15, -0.1) is 0 Å². The second-order valence-corrected chi connectivity index (χ2v) is 6.16. The van der Waals surface area contributed by atoms with Crippen molar-refractivity contribution < 1.29 is 9.59 Å². The molecule has 1 amide bonds. The zero-order chi connectivity index (χ0) is 16.4. The fourth-order valence-electron chi connectivity index (χ4n) is 2.62. The van der Waals surface area contributed by atoms with Gasteiger partial charge in [0.1, 0.15) is 5.78 Å². The number of rotatable bonds is 10. The summed E-state index contributed by atoms with van der Waals surface area (Å²) < 4.78 is 0. The number of anilines is 1. The molecule has 0 saturated heterocycles. The van der Waals surface area contributed by atoms with Crippen molar-refractivity contribution in [2.75, 3.05) is 4.90 Å². The van der Waals surface area contributed by atoms with E-state index >= 15 is 0 Å². The number of amides is 1.